The van der Waals surface area contributed by atoms with E-state index >= 15 is 0 Å². The Morgan fingerprint density at radius 1 is 1.20 bits per heavy atom. The van der Waals surface area contributed by atoms with E-state index in [4.69, 9.17) is 11.6 Å². The maximum absolute atomic E-state index is 14.0. The fraction of sp³-hybridized carbons (Fsp3) is 0.312. The molecule has 1 aromatic heterocycles. The van der Waals surface area contributed by atoms with Gasteiger partial charge in [-0.15, -0.1) is 0 Å². The first kappa shape index (κ1) is 14.9. The van der Waals surface area contributed by atoms with Crippen molar-refractivity contribution in [1.29, 1.82) is 0 Å². The van der Waals surface area contributed by atoms with Crippen molar-refractivity contribution in [3.8, 4) is 0 Å². The maximum Gasteiger partial charge on any atom is 0.145 e. The number of hydrogen-bond donors (Lipinski definition) is 1. The summed E-state index contributed by atoms with van der Waals surface area (Å²) >= 11 is 5.83. The lowest BCUT2D eigenvalue weighted by Gasteiger charge is -2.18. The van der Waals surface area contributed by atoms with Gasteiger partial charge in [0.15, 0.2) is 0 Å². The molecular weight excluding hydrogens is 275 g/mol. The quantitative estimate of drug-likeness (QED) is 0.879. The second-order valence-corrected chi connectivity index (χ2v) is 5.14. The highest BCUT2D eigenvalue weighted by molar-refractivity contribution is 6.30. The average molecular weight is 293 g/mol. The first-order valence-electron chi connectivity index (χ1n) is 6.76. The molecule has 1 heterocycles. The largest absolute Gasteiger partial charge is 0.314 e. The van der Waals surface area contributed by atoms with Crippen molar-refractivity contribution in [2.24, 2.45) is 0 Å². The molecule has 0 aliphatic carbocycles. The molecule has 2 nitrogen and oxygen atoms in total. The number of rotatable bonds is 6. The summed E-state index contributed by atoms with van der Waals surface area (Å²) in [5.41, 5.74) is 1.84. The van der Waals surface area contributed by atoms with Gasteiger partial charge in [-0.3, -0.25) is 4.98 Å². The van der Waals surface area contributed by atoms with Gasteiger partial charge < -0.3 is 5.32 Å². The summed E-state index contributed by atoms with van der Waals surface area (Å²) in [4.78, 5) is 4.01. The third-order valence-corrected chi connectivity index (χ3v) is 3.51. The van der Waals surface area contributed by atoms with Gasteiger partial charge in [0.25, 0.3) is 0 Å². The number of aromatic nitrogens is 1. The zero-order valence-electron chi connectivity index (χ0n) is 11.4. The van der Waals surface area contributed by atoms with Crippen molar-refractivity contribution < 1.29 is 4.39 Å². The molecule has 0 radical (unpaired) electrons. The van der Waals surface area contributed by atoms with Crippen LogP contribution in [0.2, 0.25) is 5.02 Å². The summed E-state index contributed by atoms with van der Waals surface area (Å²) in [6, 6.07) is 9.30. The molecule has 0 bridgehead atoms. The van der Waals surface area contributed by atoms with Crippen LogP contribution in [-0.4, -0.2) is 17.6 Å². The summed E-state index contributed by atoms with van der Waals surface area (Å²) in [6.45, 7) is 2.89. The molecule has 0 fully saturated rings. The van der Waals surface area contributed by atoms with Gasteiger partial charge in [-0.2, -0.15) is 0 Å². The minimum absolute atomic E-state index is 0.176. The van der Waals surface area contributed by atoms with Crippen molar-refractivity contribution in [2.45, 2.75) is 25.8 Å². The summed E-state index contributed by atoms with van der Waals surface area (Å²) in [5.74, 6) is -0.313. The fourth-order valence-corrected chi connectivity index (χ4v) is 2.47. The minimum atomic E-state index is -0.313. The molecular formula is C16H18ClFN2. The summed E-state index contributed by atoms with van der Waals surface area (Å²) in [6.07, 6.45) is 5.00. The lowest BCUT2D eigenvalue weighted by atomic mass is 9.99. The van der Waals surface area contributed by atoms with Crippen LogP contribution in [0.15, 0.2) is 42.7 Å². The second-order valence-electron chi connectivity index (χ2n) is 4.73. The molecule has 1 atom stereocenters. The van der Waals surface area contributed by atoms with Gasteiger partial charge in [-0.1, -0.05) is 30.7 Å². The molecule has 0 saturated heterocycles. The molecule has 20 heavy (non-hydrogen) atoms. The first-order valence-corrected chi connectivity index (χ1v) is 7.13. The molecule has 1 unspecified atom stereocenters. The Kier molecular flexibility index (Phi) is 5.50. The van der Waals surface area contributed by atoms with Gasteiger partial charge in [0.1, 0.15) is 5.82 Å². The highest BCUT2D eigenvalue weighted by Crippen LogP contribution is 2.19. The van der Waals surface area contributed by atoms with E-state index in [1.807, 2.05) is 19.1 Å². The Morgan fingerprint density at radius 3 is 2.65 bits per heavy atom. The lowest BCUT2D eigenvalue weighted by molar-refractivity contribution is 0.506. The molecule has 0 saturated carbocycles. The van der Waals surface area contributed by atoms with E-state index in [9.17, 15) is 4.39 Å². The van der Waals surface area contributed by atoms with Crippen LogP contribution in [0.3, 0.4) is 0 Å². The minimum Gasteiger partial charge on any atom is -0.314 e. The molecule has 4 heteroatoms. The molecule has 1 aromatic carbocycles. The molecule has 0 spiro atoms. The van der Waals surface area contributed by atoms with E-state index in [2.05, 4.69) is 10.3 Å². The van der Waals surface area contributed by atoms with Crippen LogP contribution >= 0.6 is 11.6 Å². The van der Waals surface area contributed by atoms with Crippen molar-refractivity contribution in [2.75, 3.05) is 6.54 Å². The van der Waals surface area contributed by atoms with Gasteiger partial charge in [-0.25, -0.2) is 4.39 Å². The normalized spacial score (nSPS) is 12.3. The van der Waals surface area contributed by atoms with Gasteiger partial charge in [0, 0.05) is 18.4 Å². The molecule has 0 aliphatic heterocycles. The van der Waals surface area contributed by atoms with Gasteiger partial charge >= 0.3 is 0 Å². The number of likely N-dealkylation sites (N-methyl/N-ethyl adjacent to an activating group) is 1. The Hall–Kier alpha value is -1.45. The van der Waals surface area contributed by atoms with Gasteiger partial charge in [-0.05, 0) is 48.7 Å². The third kappa shape index (κ3) is 4.02. The summed E-state index contributed by atoms with van der Waals surface area (Å²) in [5, 5.41) is 3.58. The molecule has 0 aliphatic rings. The number of nitrogens with zero attached hydrogens (tertiary/aromatic N) is 1. The molecule has 2 rings (SSSR count). The maximum atomic E-state index is 14.0. The second kappa shape index (κ2) is 7.36. The van der Waals surface area contributed by atoms with Crippen molar-refractivity contribution >= 4 is 11.6 Å². The Labute approximate surface area is 124 Å². The molecule has 0 amide bonds. The Morgan fingerprint density at radius 2 is 1.95 bits per heavy atom. The van der Waals surface area contributed by atoms with Crippen LogP contribution in [0.4, 0.5) is 4.39 Å². The van der Waals surface area contributed by atoms with E-state index < -0.39 is 0 Å². The van der Waals surface area contributed by atoms with Crippen molar-refractivity contribution in [3.63, 3.8) is 0 Å². The highest BCUT2D eigenvalue weighted by atomic mass is 35.5. The Balaban J connectivity index is 2.11. The van der Waals surface area contributed by atoms with Crippen molar-refractivity contribution in [3.05, 3.63) is 64.7 Å². The van der Waals surface area contributed by atoms with Crippen LogP contribution in [0.25, 0.3) is 0 Å². The smallest absolute Gasteiger partial charge is 0.145 e. The van der Waals surface area contributed by atoms with E-state index in [0.717, 1.165) is 13.0 Å². The number of pyridine rings is 1. The van der Waals surface area contributed by atoms with E-state index in [0.29, 0.717) is 12.0 Å². The van der Waals surface area contributed by atoms with E-state index in [1.54, 1.807) is 30.6 Å². The van der Waals surface area contributed by atoms with Gasteiger partial charge in [0.05, 0.1) is 5.02 Å². The van der Waals surface area contributed by atoms with Crippen LogP contribution in [0, 0.1) is 5.82 Å². The monoisotopic (exact) mass is 292 g/mol. The van der Waals surface area contributed by atoms with E-state index in [-0.39, 0.29) is 16.9 Å². The SMILES string of the molecule is CCNC(Cc1ccncc1)Cc1cccc(Cl)c1F. The zero-order valence-corrected chi connectivity index (χ0v) is 12.2. The van der Waals surface area contributed by atoms with E-state index in [1.165, 1.54) is 5.56 Å². The third-order valence-electron chi connectivity index (χ3n) is 3.22. The van der Waals surface area contributed by atoms with Crippen LogP contribution in [-0.2, 0) is 12.8 Å². The number of halogens is 2. The van der Waals surface area contributed by atoms with Gasteiger partial charge in [0.2, 0.25) is 0 Å². The number of benzene rings is 1. The fourth-order valence-electron chi connectivity index (χ4n) is 2.28. The topological polar surface area (TPSA) is 24.9 Å². The predicted octanol–water partition coefficient (Wildman–Crippen LogP) is 3.64. The molecule has 106 valence electrons. The van der Waals surface area contributed by atoms with Crippen molar-refractivity contribution in [1.82, 2.24) is 10.3 Å². The zero-order chi connectivity index (χ0) is 14.4. The first-order chi connectivity index (χ1) is 9.70. The highest BCUT2D eigenvalue weighted by Gasteiger charge is 2.13. The standard InChI is InChI=1S/C16H18ClFN2/c1-2-20-14(10-12-6-8-19-9-7-12)11-13-4-3-5-15(17)16(13)18/h3-9,14,20H,2,10-11H2,1H3. The number of hydrogen-bond acceptors (Lipinski definition) is 2. The molecule has 1 N–H and O–H groups in total. The predicted molar refractivity (Wildman–Crippen MR) is 80.5 cm³/mol. The van der Waals surface area contributed by atoms with Crippen LogP contribution < -0.4 is 5.32 Å². The lowest BCUT2D eigenvalue weighted by Crippen LogP contribution is -2.33. The summed E-state index contributed by atoms with van der Waals surface area (Å²) in [7, 11) is 0. The average Bonchev–Trinajstić information content (AvgIpc) is 2.45. The van der Waals surface area contributed by atoms with Crippen LogP contribution in [0.1, 0.15) is 18.1 Å². The van der Waals surface area contributed by atoms with Crippen LogP contribution in [0.5, 0.6) is 0 Å². The Bertz CT molecular complexity index is 545. The summed E-state index contributed by atoms with van der Waals surface area (Å²) < 4.78 is 14.0. The number of nitrogens with one attached hydrogen (secondary N) is 1. The molecule has 2 aromatic rings.